The lowest BCUT2D eigenvalue weighted by atomic mass is 9.87. The van der Waals surface area contributed by atoms with E-state index in [4.69, 9.17) is 0 Å². The highest BCUT2D eigenvalue weighted by Gasteiger charge is 2.28. The highest BCUT2D eigenvalue weighted by molar-refractivity contribution is 7.92. The summed E-state index contributed by atoms with van der Waals surface area (Å²) in [6.07, 6.45) is 4.23. The molecule has 0 heterocycles. The third-order valence-corrected chi connectivity index (χ3v) is 5.27. The molecule has 1 aromatic carbocycles. The second-order valence-corrected chi connectivity index (χ2v) is 7.09. The minimum atomic E-state index is -4.13. The van der Waals surface area contributed by atoms with E-state index in [2.05, 4.69) is 0 Å². The summed E-state index contributed by atoms with van der Waals surface area (Å²) in [4.78, 5) is 11.3. The van der Waals surface area contributed by atoms with Crippen LogP contribution in [0.1, 0.15) is 32.1 Å². The van der Waals surface area contributed by atoms with Crippen LogP contribution < -0.4 is 0 Å². The fourth-order valence-electron chi connectivity index (χ4n) is 2.52. The van der Waals surface area contributed by atoms with Crippen LogP contribution in [0.4, 0.5) is 8.78 Å². The standard InChI is InChI=1S/C14H16F2O3S/c15-11-6-7-12(16)14(8-11)20(18,19)9-13(17)10-4-2-1-3-5-10/h6-8,10H,1-5,9H2. The van der Waals surface area contributed by atoms with Gasteiger partial charge in [0.1, 0.15) is 22.3 Å². The number of Topliss-reactive ketones (excluding diaryl/α,β-unsaturated/α-hetero) is 1. The molecule has 1 fully saturated rings. The van der Waals surface area contributed by atoms with E-state index in [1.165, 1.54) is 0 Å². The zero-order chi connectivity index (χ0) is 14.8. The van der Waals surface area contributed by atoms with E-state index in [1.54, 1.807) is 0 Å². The molecule has 0 aromatic heterocycles. The van der Waals surface area contributed by atoms with Gasteiger partial charge < -0.3 is 0 Å². The zero-order valence-electron chi connectivity index (χ0n) is 10.9. The van der Waals surface area contributed by atoms with E-state index in [9.17, 15) is 22.0 Å². The summed E-state index contributed by atoms with van der Waals surface area (Å²) in [6, 6.07) is 2.23. The maximum Gasteiger partial charge on any atom is 0.188 e. The average molecular weight is 302 g/mol. The molecule has 0 N–H and O–H groups in total. The van der Waals surface area contributed by atoms with Crippen molar-refractivity contribution in [2.45, 2.75) is 37.0 Å². The van der Waals surface area contributed by atoms with E-state index in [1.807, 2.05) is 0 Å². The van der Waals surface area contributed by atoms with Crippen LogP contribution in [0.3, 0.4) is 0 Å². The molecule has 0 radical (unpaired) electrons. The molecule has 1 saturated carbocycles. The fraction of sp³-hybridized carbons (Fsp3) is 0.500. The van der Waals surface area contributed by atoms with Gasteiger partial charge in [-0.3, -0.25) is 4.79 Å². The molecule has 1 aromatic rings. The van der Waals surface area contributed by atoms with Crippen LogP contribution >= 0.6 is 0 Å². The van der Waals surface area contributed by atoms with Gasteiger partial charge in [-0.15, -0.1) is 0 Å². The number of hydrogen-bond acceptors (Lipinski definition) is 3. The van der Waals surface area contributed by atoms with Crippen molar-refractivity contribution in [2.24, 2.45) is 5.92 Å². The molecule has 0 aliphatic heterocycles. The summed E-state index contributed by atoms with van der Waals surface area (Å²) < 4.78 is 50.6. The lowest BCUT2D eigenvalue weighted by molar-refractivity contribution is -0.121. The molecule has 0 saturated heterocycles. The van der Waals surface area contributed by atoms with E-state index in [0.717, 1.165) is 31.4 Å². The predicted octanol–water partition coefficient (Wildman–Crippen LogP) is 2.89. The Morgan fingerprint density at radius 2 is 1.80 bits per heavy atom. The molecule has 6 heteroatoms. The third-order valence-electron chi connectivity index (χ3n) is 3.62. The summed E-state index contributed by atoms with van der Waals surface area (Å²) >= 11 is 0. The predicted molar refractivity (Wildman–Crippen MR) is 70.0 cm³/mol. The number of rotatable bonds is 4. The molecule has 1 aliphatic carbocycles. The maximum absolute atomic E-state index is 13.5. The largest absolute Gasteiger partial charge is 0.298 e. The first-order chi connectivity index (χ1) is 9.40. The number of benzene rings is 1. The maximum atomic E-state index is 13.5. The lowest BCUT2D eigenvalue weighted by Crippen LogP contribution is -2.26. The Kier molecular flexibility index (Phi) is 4.52. The van der Waals surface area contributed by atoms with Gasteiger partial charge >= 0.3 is 0 Å². The van der Waals surface area contributed by atoms with Crippen molar-refractivity contribution in [1.82, 2.24) is 0 Å². The molecule has 0 atom stereocenters. The van der Waals surface area contributed by atoms with Crippen LogP contribution in [0.5, 0.6) is 0 Å². The smallest absolute Gasteiger partial charge is 0.188 e. The van der Waals surface area contributed by atoms with Gasteiger partial charge in [-0.1, -0.05) is 19.3 Å². The molecule has 0 unspecified atom stereocenters. The Labute approximate surface area is 116 Å². The topological polar surface area (TPSA) is 51.2 Å². The van der Waals surface area contributed by atoms with Crippen LogP contribution in [0.25, 0.3) is 0 Å². The third kappa shape index (κ3) is 3.42. The average Bonchev–Trinajstić information content (AvgIpc) is 2.42. The Balaban J connectivity index is 2.18. The second kappa shape index (κ2) is 5.99. The van der Waals surface area contributed by atoms with Gasteiger partial charge in [0.05, 0.1) is 0 Å². The van der Waals surface area contributed by atoms with Crippen LogP contribution in [0.2, 0.25) is 0 Å². The molecule has 0 amide bonds. The molecule has 3 nitrogen and oxygen atoms in total. The lowest BCUT2D eigenvalue weighted by Gasteiger charge is -2.20. The Morgan fingerprint density at radius 1 is 1.15 bits per heavy atom. The minimum Gasteiger partial charge on any atom is -0.298 e. The number of hydrogen-bond donors (Lipinski definition) is 0. The van der Waals surface area contributed by atoms with Gasteiger partial charge in [-0.2, -0.15) is 0 Å². The van der Waals surface area contributed by atoms with Crippen molar-refractivity contribution in [3.05, 3.63) is 29.8 Å². The minimum absolute atomic E-state index is 0.268. The number of carbonyl (C=O) groups excluding carboxylic acids is 1. The normalized spacial score (nSPS) is 17.1. The van der Waals surface area contributed by atoms with Gasteiger partial charge in [0.2, 0.25) is 0 Å². The van der Waals surface area contributed by atoms with Gasteiger partial charge in [0.15, 0.2) is 15.6 Å². The molecular weight excluding hydrogens is 286 g/mol. The molecular formula is C14H16F2O3S. The van der Waals surface area contributed by atoms with Crippen LogP contribution in [0.15, 0.2) is 23.1 Å². The molecule has 20 heavy (non-hydrogen) atoms. The summed E-state index contributed by atoms with van der Waals surface area (Å²) in [5, 5.41) is 0. The molecule has 0 spiro atoms. The van der Waals surface area contributed by atoms with E-state index >= 15 is 0 Å². The van der Waals surface area contributed by atoms with Gasteiger partial charge in [0, 0.05) is 5.92 Å². The van der Waals surface area contributed by atoms with Crippen LogP contribution in [0, 0.1) is 17.6 Å². The Hall–Kier alpha value is -1.30. The number of sulfone groups is 1. The van der Waals surface area contributed by atoms with Crippen molar-refractivity contribution in [3.8, 4) is 0 Å². The van der Waals surface area contributed by atoms with Gasteiger partial charge in [-0.05, 0) is 31.0 Å². The Bertz CT molecular complexity index is 605. The zero-order valence-corrected chi connectivity index (χ0v) is 11.8. The van der Waals surface area contributed by atoms with Crippen molar-refractivity contribution in [2.75, 3.05) is 5.75 Å². The monoisotopic (exact) mass is 302 g/mol. The van der Waals surface area contributed by atoms with E-state index in [0.29, 0.717) is 18.9 Å². The molecule has 0 bridgehead atoms. The van der Waals surface area contributed by atoms with Crippen LogP contribution in [-0.2, 0) is 14.6 Å². The molecule has 110 valence electrons. The number of halogens is 2. The summed E-state index contributed by atoms with van der Waals surface area (Å²) in [5.41, 5.74) is 0. The highest BCUT2D eigenvalue weighted by Crippen LogP contribution is 2.26. The van der Waals surface area contributed by atoms with Crippen molar-refractivity contribution < 1.29 is 22.0 Å². The summed E-state index contributed by atoms with van der Waals surface area (Å²) in [7, 11) is -4.13. The second-order valence-electron chi connectivity index (χ2n) is 5.14. The van der Waals surface area contributed by atoms with Gasteiger partial charge in [-0.25, -0.2) is 17.2 Å². The van der Waals surface area contributed by atoms with Crippen molar-refractivity contribution in [1.29, 1.82) is 0 Å². The quantitative estimate of drug-likeness (QED) is 0.859. The first-order valence-electron chi connectivity index (χ1n) is 6.60. The van der Waals surface area contributed by atoms with Crippen molar-refractivity contribution in [3.63, 3.8) is 0 Å². The highest BCUT2D eigenvalue weighted by atomic mass is 32.2. The summed E-state index contributed by atoms with van der Waals surface area (Å²) in [6.45, 7) is 0. The summed E-state index contributed by atoms with van der Waals surface area (Å²) in [5.74, 6) is -3.28. The SMILES string of the molecule is O=C(CS(=O)(=O)c1cc(F)ccc1F)C1CCCCC1. The van der Waals surface area contributed by atoms with Crippen molar-refractivity contribution >= 4 is 15.6 Å². The van der Waals surface area contributed by atoms with Crippen LogP contribution in [-0.4, -0.2) is 20.0 Å². The molecule has 2 rings (SSSR count). The first kappa shape index (κ1) is 15.1. The first-order valence-corrected chi connectivity index (χ1v) is 8.26. The number of ketones is 1. The fourth-order valence-corrected chi connectivity index (χ4v) is 3.95. The van der Waals surface area contributed by atoms with E-state index < -0.39 is 37.9 Å². The molecule has 1 aliphatic rings. The van der Waals surface area contributed by atoms with Gasteiger partial charge in [0.25, 0.3) is 0 Å². The van der Waals surface area contributed by atoms with E-state index in [-0.39, 0.29) is 5.92 Å². The number of carbonyl (C=O) groups is 1. The Morgan fingerprint density at radius 3 is 2.45 bits per heavy atom.